The molecule has 0 aliphatic carbocycles. The summed E-state index contributed by atoms with van der Waals surface area (Å²) >= 11 is 3.31. The Bertz CT molecular complexity index is 237. The summed E-state index contributed by atoms with van der Waals surface area (Å²) in [5.41, 5.74) is 0. The van der Waals surface area contributed by atoms with Crippen molar-refractivity contribution in [3.05, 3.63) is 34.8 Å². The Hall–Kier alpha value is -0.340. The summed E-state index contributed by atoms with van der Waals surface area (Å²) in [7, 11) is 0. The summed E-state index contributed by atoms with van der Waals surface area (Å²) in [6.07, 6.45) is 0. The van der Waals surface area contributed by atoms with Crippen molar-refractivity contribution in [2.75, 3.05) is 26.2 Å². The van der Waals surface area contributed by atoms with Crippen LogP contribution in [-0.2, 0) is 0 Å². The Labute approximate surface area is 109 Å². The minimum Gasteiger partial charge on any atom is -0.325 e. The van der Waals surface area contributed by atoms with Gasteiger partial charge in [0.25, 0.3) is 0 Å². The fraction of sp³-hybridized carbons (Fsp3) is 0.571. The zero-order chi connectivity index (χ0) is 12.4. The maximum absolute atomic E-state index is 3.31. The van der Waals surface area contributed by atoms with Crippen LogP contribution in [0.4, 0.5) is 0 Å². The molecule has 0 amide bonds. The second-order valence-electron chi connectivity index (χ2n) is 3.90. The average molecular weight is 287 g/mol. The Kier molecular flexibility index (Phi) is 8.58. The van der Waals surface area contributed by atoms with Crippen LogP contribution in [-0.4, -0.2) is 30.7 Å². The van der Waals surface area contributed by atoms with E-state index in [0.29, 0.717) is 0 Å². The van der Waals surface area contributed by atoms with E-state index in [1.807, 2.05) is 30.3 Å². The first-order valence-electron chi connectivity index (χ1n) is 6.19. The number of benzene rings is 1. The fourth-order valence-electron chi connectivity index (χ4n) is 1.76. The highest BCUT2D eigenvalue weighted by Crippen LogP contribution is 2.05. The van der Waals surface area contributed by atoms with Gasteiger partial charge in [0.1, 0.15) is 0 Å². The Morgan fingerprint density at radius 1 is 0.812 bits per heavy atom. The van der Waals surface area contributed by atoms with E-state index in [4.69, 9.17) is 0 Å². The fourth-order valence-corrected chi connectivity index (χ4v) is 2.06. The third-order valence-corrected chi connectivity index (χ3v) is 3.95. The lowest BCUT2D eigenvalue weighted by Gasteiger charge is -2.34. The molecule has 0 saturated carbocycles. The summed E-state index contributed by atoms with van der Waals surface area (Å²) in [6, 6.07) is 9.97. The highest BCUT2D eigenvalue weighted by Gasteiger charge is 2.16. The van der Waals surface area contributed by atoms with E-state index in [2.05, 4.69) is 43.6 Å². The van der Waals surface area contributed by atoms with Crippen LogP contribution in [0.2, 0.25) is 0 Å². The molecule has 2 heteroatoms. The number of hydrogen-bond acceptors (Lipinski definition) is 0. The van der Waals surface area contributed by atoms with Crippen LogP contribution in [0.5, 0.6) is 0 Å². The first-order chi connectivity index (χ1) is 7.64. The molecule has 0 fully saturated rings. The van der Waals surface area contributed by atoms with Crippen molar-refractivity contribution in [3.8, 4) is 0 Å². The van der Waals surface area contributed by atoms with E-state index in [1.54, 1.807) is 0 Å². The van der Waals surface area contributed by atoms with Gasteiger partial charge in [-0.15, -0.1) is 0 Å². The molecule has 0 atom stereocenters. The Morgan fingerprint density at radius 3 is 1.31 bits per heavy atom. The van der Waals surface area contributed by atoms with Gasteiger partial charge >= 0.3 is 0 Å². The van der Waals surface area contributed by atoms with Crippen LogP contribution < -0.4 is 0 Å². The first kappa shape index (κ1) is 15.7. The van der Waals surface area contributed by atoms with Crippen LogP contribution in [0.1, 0.15) is 27.7 Å². The molecule has 92 valence electrons. The monoisotopic (exact) mass is 286 g/mol. The molecule has 0 N–H and O–H groups in total. The molecule has 1 aromatic rings. The molecule has 0 unspecified atom stereocenters. The van der Waals surface area contributed by atoms with Crippen molar-refractivity contribution in [1.29, 1.82) is 0 Å². The number of rotatable bonds is 4. The maximum Gasteiger partial charge on any atom is 0.0757 e. The number of hydrogen-bond donors (Lipinski definition) is 0. The quantitative estimate of drug-likeness (QED) is 0.723. The van der Waals surface area contributed by atoms with Crippen molar-refractivity contribution in [1.82, 2.24) is 0 Å². The lowest BCUT2D eigenvalue weighted by atomic mass is 10.3. The number of halogens is 1. The van der Waals surface area contributed by atoms with E-state index >= 15 is 0 Å². The topological polar surface area (TPSA) is 0 Å². The zero-order valence-corrected chi connectivity index (χ0v) is 12.6. The molecular weight excluding hydrogens is 262 g/mol. The maximum atomic E-state index is 3.31. The molecular formula is C14H25BrN+. The minimum absolute atomic E-state index is 1.13. The highest BCUT2D eigenvalue weighted by molar-refractivity contribution is 9.10. The number of quaternary nitrogens is 1. The van der Waals surface area contributed by atoms with Gasteiger partial charge in [0.05, 0.1) is 26.2 Å². The van der Waals surface area contributed by atoms with E-state index in [1.165, 1.54) is 30.7 Å². The second-order valence-corrected chi connectivity index (χ2v) is 4.82. The lowest BCUT2D eigenvalue weighted by molar-refractivity contribution is -0.921. The van der Waals surface area contributed by atoms with E-state index < -0.39 is 0 Å². The SMILES string of the molecule is Brc1ccccc1.CC[N+](CC)(CC)CC. The van der Waals surface area contributed by atoms with Gasteiger partial charge < -0.3 is 4.48 Å². The third-order valence-electron chi connectivity index (χ3n) is 3.42. The molecule has 0 aliphatic heterocycles. The summed E-state index contributed by atoms with van der Waals surface area (Å²) in [5.74, 6) is 0. The van der Waals surface area contributed by atoms with Gasteiger partial charge in [-0.05, 0) is 39.8 Å². The highest BCUT2D eigenvalue weighted by atomic mass is 79.9. The number of nitrogens with zero attached hydrogens (tertiary/aromatic N) is 1. The predicted molar refractivity (Wildman–Crippen MR) is 76.6 cm³/mol. The minimum atomic E-state index is 1.13. The van der Waals surface area contributed by atoms with E-state index in [-0.39, 0.29) is 0 Å². The molecule has 0 aromatic heterocycles. The van der Waals surface area contributed by atoms with Crippen molar-refractivity contribution < 1.29 is 4.48 Å². The summed E-state index contributed by atoms with van der Waals surface area (Å²) in [4.78, 5) is 0. The first-order valence-corrected chi connectivity index (χ1v) is 6.99. The Morgan fingerprint density at radius 2 is 1.19 bits per heavy atom. The van der Waals surface area contributed by atoms with Crippen molar-refractivity contribution >= 4 is 15.9 Å². The standard InChI is InChI=1S/C8H20N.C6H5Br/c1-5-9(6-2,7-3)8-4;7-6-4-2-1-3-5-6/h5-8H2,1-4H3;1-5H/q+1;. The van der Waals surface area contributed by atoms with Gasteiger partial charge in [0, 0.05) is 4.47 Å². The van der Waals surface area contributed by atoms with Gasteiger partial charge in [-0.1, -0.05) is 34.1 Å². The van der Waals surface area contributed by atoms with Gasteiger partial charge in [-0.3, -0.25) is 0 Å². The van der Waals surface area contributed by atoms with Crippen molar-refractivity contribution in [2.45, 2.75) is 27.7 Å². The molecule has 0 aliphatic rings. The van der Waals surface area contributed by atoms with Crippen LogP contribution in [0.3, 0.4) is 0 Å². The summed E-state index contributed by atoms with van der Waals surface area (Å²) < 4.78 is 2.41. The molecule has 16 heavy (non-hydrogen) atoms. The van der Waals surface area contributed by atoms with Crippen LogP contribution >= 0.6 is 15.9 Å². The lowest BCUT2D eigenvalue weighted by Crippen LogP contribution is -2.47. The smallest absolute Gasteiger partial charge is 0.0757 e. The largest absolute Gasteiger partial charge is 0.325 e. The zero-order valence-electron chi connectivity index (χ0n) is 11.0. The average Bonchev–Trinajstić information content (AvgIpc) is 2.35. The molecule has 1 nitrogen and oxygen atoms in total. The van der Waals surface area contributed by atoms with Crippen LogP contribution in [0.25, 0.3) is 0 Å². The van der Waals surface area contributed by atoms with Crippen LogP contribution in [0.15, 0.2) is 34.8 Å². The summed E-state index contributed by atoms with van der Waals surface area (Å²) in [5, 5.41) is 0. The second kappa shape index (κ2) is 8.77. The molecule has 1 rings (SSSR count). The van der Waals surface area contributed by atoms with E-state index in [9.17, 15) is 0 Å². The van der Waals surface area contributed by atoms with Crippen molar-refractivity contribution in [3.63, 3.8) is 0 Å². The molecule has 0 spiro atoms. The molecule has 0 saturated heterocycles. The normalized spacial score (nSPS) is 10.6. The van der Waals surface area contributed by atoms with Gasteiger partial charge in [0.2, 0.25) is 0 Å². The summed E-state index contributed by atoms with van der Waals surface area (Å²) in [6.45, 7) is 14.2. The van der Waals surface area contributed by atoms with Crippen molar-refractivity contribution in [2.24, 2.45) is 0 Å². The van der Waals surface area contributed by atoms with E-state index in [0.717, 1.165) is 4.47 Å². The van der Waals surface area contributed by atoms with Gasteiger partial charge in [-0.2, -0.15) is 0 Å². The third kappa shape index (κ3) is 5.66. The molecule has 0 radical (unpaired) electrons. The van der Waals surface area contributed by atoms with Gasteiger partial charge in [0.15, 0.2) is 0 Å². The molecule has 0 heterocycles. The van der Waals surface area contributed by atoms with Gasteiger partial charge in [-0.25, -0.2) is 0 Å². The Balaban J connectivity index is 0.000000288. The molecule has 0 bridgehead atoms. The van der Waals surface area contributed by atoms with Crippen LogP contribution in [0, 0.1) is 0 Å². The predicted octanol–water partition coefficient (Wildman–Crippen LogP) is 4.33. The molecule has 1 aromatic carbocycles.